The number of hydrogen-bond acceptors (Lipinski definition) is 7. The third-order valence-corrected chi connectivity index (χ3v) is 7.55. The highest BCUT2D eigenvalue weighted by Gasteiger charge is 2.47. The zero-order chi connectivity index (χ0) is 23.0. The van der Waals surface area contributed by atoms with Crippen molar-refractivity contribution in [3.63, 3.8) is 0 Å². The number of carbonyl (C=O) groups excluding carboxylic acids is 2. The first-order valence-corrected chi connectivity index (χ1v) is 11.8. The van der Waals surface area contributed by atoms with Gasteiger partial charge in [-0.1, -0.05) is 17.7 Å². The maximum Gasteiger partial charge on any atom is 0.296 e. The summed E-state index contributed by atoms with van der Waals surface area (Å²) in [6, 6.07) is 8.02. The van der Waals surface area contributed by atoms with Gasteiger partial charge in [0.05, 0.1) is 36.9 Å². The van der Waals surface area contributed by atoms with Gasteiger partial charge in [-0.05, 0) is 41.4 Å². The van der Waals surface area contributed by atoms with Crippen molar-refractivity contribution in [1.29, 1.82) is 0 Å². The fourth-order valence-corrected chi connectivity index (χ4v) is 5.73. The number of benzene rings is 1. The van der Waals surface area contributed by atoms with Crippen LogP contribution in [0, 0.1) is 6.92 Å². The number of Topliss-reactive ketones (excluding diaryl/α,β-unsaturated/α-hetero) is 1. The number of amides is 1. The zero-order valence-corrected chi connectivity index (χ0v) is 19.9. The van der Waals surface area contributed by atoms with Crippen LogP contribution in [0.4, 0.5) is 0 Å². The number of hydrogen-bond donors (Lipinski definition) is 1. The fraction of sp³-hybridized carbons (Fsp3) is 0.217. The van der Waals surface area contributed by atoms with Gasteiger partial charge in [-0.2, -0.15) is 0 Å². The van der Waals surface area contributed by atoms with Gasteiger partial charge in [0.15, 0.2) is 0 Å². The quantitative estimate of drug-likeness (QED) is 0.284. The van der Waals surface area contributed by atoms with E-state index in [1.165, 1.54) is 53.9 Å². The van der Waals surface area contributed by atoms with Crippen LogP contribution >= 0.6 is 34.3 Å². The molecule has 32 heavy (non-hydrogen) atoms. The van der Waals surface area contributed by atoms with Gasteiger partial charge in [0.25, 0.3) is 11.7 Å². The summed E-state index contributed by atoms with van der Waals surface area (Å²) in [4.78, 5) is 29.5. The number of aliphatic hydroxyl groups excluding tert-OH is 1. The van der Waals surface area contributed by atoms with E-state index in [0.717, 1.165) is 15.3 Å². The summed E-state index contributed by atoms with van der Waals surface area (Å²) >= 11 is 9.23. The van der Waals surface area contributed by atoms with E-state index < -0.39 is 17.7 Å². The lowest BCUT2D eigenvalue weighted by Crippen LogP contribution is -2.28. The molecule has 166 valence electrons. The Kier molecular flexibility index (Phi) is 6.28. The molecule has 2 aromatic heterocycles. The third kappa shape index (κ3) is 3.79. The molecule has 1 saturated heterocycles. The van der Waals surface area contributed by atoms with Gasteiger partial charge < -0.3 is 19.5 Å². The number of rotatable bonds is 6. The van der Waals surface area contributed by atoms with Crippen molar-refractivity contribution in [3.8, 4) is 11.5 Å². The van der Waals surface area contributed by atoms with Gasteiger partial charge in [0, 0.05) is 15.8 Å². The molecule has 0 saturated carbocycles. The van der Waals surface area contributed by atoms with Crippen LogP contribution in [-0.4, -0.2) is 35.9 Å². The molecule has 0 bridgehead atoms. The molecule has 4 rings (SSSR count). The van der Waals surface area contributed by atoms with Crippen molar-refractivity contribution in [2.45, 2.75) is 19.5 Å². The topological polar surface area (TPSA) is 76.1 Å². The van der Waals surface area contributed by atoms with Crippen LogP contribution in [-0.2, 0) is 16.1 Å². The summed E-state index contributed by atoms with van der Waals surface area (Å²) in [5.74, 6) is -1.10. The number of ether oxygens (including phenoxy) is 2. The van der Waals surface area contributed by atoms with E-state index in [1.54, 1.807) is 0 Å². The van der Waals surface area contributed by atoms with Crippen LogP contribution in [0.2, 0.25) is 5.02 Å². The minimum absolute atomic E-state index is 0.0108. The number of aliphatic hydroxyl groups is 1. The molecule has 1 aromatic carbocycles. The van der Waals surface area contributed by atoms with Gasteiger partial charge in [-0.25, -0.2) is 0 Å². The SMILES string of the molecule is COc1cc(OC)c(/C(O)=C2\C(=O)C(=O)N(Cc3cccs3)C2c2sccc2C)cc1Cl. The van der Waals surface area contributed by atoms with Gasteiger partial charge in [-0.3, -0.25) is 9.59 Å². The minimum Gasteiger partial charge on any atom is -0.507 e. The third-order valence-electron chi connectivity index (χ3n) is 5.33. The number of methoxy groups -OCH3 is 2. The molecule has 0 spiro atoms. The number of halogens is 1. The van der Waals surface area contributed by atoms with Gasteiger partial charge >= 0.3 is 0 Å². The summed E-state index contributed by atoms with van der Waals surface area (Å²) in [6.45, 7) is 2.18. The number of likely N-dealkylation sites (tertiary alicyclic amines) is 1. The molecule has 1 amide bonds. The first-order valence-electron chi connectivity index (χ1n) is 9.64. The predicted molar refractivity (Wildman–Crippen MR) is 126 cm³/mol. The van der Waals surface area contributed by atoms with Crippen molar-refractivity contribution in [2.24, 2.45) is 0 Å². The van der Waals surface area contributed by atoms with E-state index in [2.05, 4.69) is 0 Å². The predicted octanol–water partition coefficient (Wildman–Crippen LogP) is 5.41. The molecule has 1 unspecified atom stereocenters. The normalized spacial score (nSPS) is 17.8. The molecule has 1 atom stereocenters. The number of ketones is 1. The summed E-state index contributed by atoms with van der Waals surface area (Å²) in [6.07, 6.45) is 0. The summed E-state index contributed by atoms with van der Waals surface area (Å²) in [5, 5.41) is 15.4. The molecule has 1 N–H and O–H groups in total. The molecule has 1 fully saturated rings. The Balaban J connectivity index is 1.92. The summed E-state index contributed by atoms with van der Waals surface area (Å²) in [7, 11) is 2.91. The number of nitrogens with zero attached hydrogens (tertiary/aromatic N) is 1. The van der Waals surface area contributed by atoms with Crippen molar-refractivity contribution in [1.82, 2.24) is 4.90 Å². The standard InChI is InChI=1S/C23H20ClNO5S2/c1-12-6-8-32-22(12)19-18(21(27)23(28)25(19)11-13-5-4-7-31-13)20(26)14-9-15(24)17(30-3)10-16(14)29-2/h4-10,19,26H,11H2,1-3H3/b20-18+. The molecule has 0 radical (unpaired) electrons. The largest absolute Gasteiger partial charge is 0.507 e. The first kappa shape index (κ1) is 22.4. The second-order valence-corrected chi connectivity index (χ2v) is 9.55. The Morgan fingerprint density at radius 2 is 1.88 bits per heavy atom. The van der Waals surface area contributed by atoms with Crippen LogP contribution in [0.3, 0.4) is 0 Å². The second-order valence-electron chi connectivity index (χ2n) is 7.16. The molecular weight excluding hydrogens is 470 g/mol. The highest BCUT2D eigenvalue weighted by atomic mass is 35.5. The molecular formula is C23H20ClNO5S2. The van der Waals surface area contributed by atoms with E-state index in [0.29, 0.717) is 5.75 Å². The summed E-state index contributed by atoms with van der Waals surface area (Å²) in [5.41, 5.74) is 1.16. The Labute approximate surface area is 198 Å². The van der Waals surface area contributed by atoms with E-state index in [4.69, 9.17) is 21.1 Å². The van der Waals surface area contributed by atoms with Crippen molar-refractivity contribution in [2.75, 3.05) is 14.2 Å². The first-order chi connectivity index (χ1) is 15.4. The number of carbonyl (C=O) groups is 2. The molecule has 6 nitrogen and oxygen atoms in total. The summed E-state index contributed by atoms with van der Waals surface area (Å²) < 4.78 is 10.6. The lowest BCUT2D eigenvalue weighted by molar-refractivity contribution is -0.140. The molecule has 1 aliphatic rings. The van der Waals surface area contributed by atoms with Crippen molar-refractivity contribution >= 4 is 51.7 Å². The maximum atomic E-state index is 13.2. The Morgan fingerprint density at radius 1 is 1.12 bits per heavy atom. The van der Waals surface area contributed by atoms with Crippen molar-refractivity contribution < 1.29 is 24.2 Å². The Hall–Kier alpha value is -2.81. The van der Waals surface area contributed by atoms with Crippen LogP contribution < -0.4 is 9.47 Å². The highest BCUT2D eigenvalue weighted by Crippen LogP contribution is 2.45. The van der Waals surface area contributed by atoms with E-state index in [9.17, 15) is 14.7 Å². The molecule has 9 heteroatoms. The molecule has 0 aliphatic carbocycles. The number of aryl methyl sites for hydroxylation is 1. The molecule has 3 heterocycles. The van der Waals surface area contributed by atoms with Gasteiger partial charge in [0.2, 0.25) is 0 Å². The minimum atomic E-state index is -0.745. The fourth-order valence-electron chi connectivity index (χ4n) is 3.74. The van der Waals surface area contributed by atoms with Crippen LogP contribution in [0.1, 0.15) is 26.9 Å². The maximum absolute atomic E-state index is 13.2. The Morgan fingerprint density at radius 3 is 2.47 bits per heavy atom. The second kappa shape index (κ2) is 8.97. The lowest BCUT2D eigenvalue weighted by atomic mass is 9.98. The Bertz CT molecular complexity index is 1220. The monoisotopic (exact) mass is 489 g/mol. The van der Waals surface area contributed by atoms with Crippen LogP contribution in [0.25, 0.3) is 5.76 Å². The van der Waals surface area contributed by atoms with Crippen molar-refractivity contribution in [3.05, 3.63) is 72.6 Å². The van der Waals surface area contributed by atoms with E-state index >= 15 is 0 Å². The average molecular weight is 490 g/mol. The molecule has 3 aromatic rings. The zero-order valence-electron chi connectivity index (χ0n) is 17.5. The van der Waals surface area contributed by atoms with Gasteiger partial charge in [0.1, 0.15) is 23.3 Å². The molecule has 1 aliphatic heterocycles. The average Bonchev–Trinajstić information content (AvgIpc) is 3.50. The smallest absolute Gasteiger partial charge is 0.296 e. The van der Waals surface area contributed by atoms with Crippen LogP contribution in [0.5, 0.6) is 11.5 Å². The highest BCUT2D eigenvalue weighted by molar-refractivity contribution is 7.10. The van der Waals surface area contributed by atoms with Gasteiger partial charge in [-0.15, -0.1) is 22.7 Å². The lowest BCUT2D eigenvalue weighted by Gasteiger charge is -2.24. The van der Waals surface area contributed by atoms with Crippen LogP contribution in [0.15, 0.2) is 46.7 Å². The van der Waals surface area contributed by atoms with E-state index in [1.807, 2.05) is 35.9 Å². The van der Waals surface area contributed by atoms with E-state index in [-0.39, 0.29) is 34.2 Å². The number of thiophene rings is 2.